The van der Waals surface area contributed by atoms with Crippen LogP contribution in [0.4, 0.5) is 0 Å². The van der Waals surface area contributed by atoms with E-state index in [0.29, 0.717) is 18.0 Å². The number of carbonyl (C=O) groups is 1. The van der Waals surface area contributed by atoms with Crippen LogP contribution in [0, 0.1) is 6.92 Å². The van der Waals surface area contributed by atoms with E-state index in [-0.39, 0.29) is 5.91 Å². The minimum Gasteiger partial charge on any atom is -0.334 e. The number of amides is 1. The van der Waals surface area contributed by atoms with Gasteiger partial charge >= 0.3 is 0 Å². The standard InChI is InChI=1S/C17H22N4O/c1-11(2)16-19-14-10-21(8-7-15(14)20(16)4)17(22)13-6-5-12(3)18-9-13/h5-6,9,11H,7-8,10H2,1-4H3. The van der Waals surface area contributed by atoms with E-state index in [1.165, 1.54) is 5.69 Å². The molecule has 0 radical (unpaired) electrons. The summed E-state index contributed by atoms with van der Waals surface area (Å²) >= 11 is 0. The van der Waals surface area contributed by atoms with E-state index in [2.05, 4.69) is 30.4 Å². The molecule has 0 N–H and O–H groups in total. The van der Waals surface area contributed by atoms with Gasteiger partial charge in [-0.05, 0) is 19.1 Å². The van der Waals surface area contributed by atoms with Crippen LogP contribution < -0.4 is 0 Å². The average molecular weight is 298 g/mol. The van der Waals surface area contributed by atoms with E-state index in [4.69, 9.17) is 4.98 Å². The maximum atomic E-state index is 12.6. The molecule has 5 nitrogen and oxygen atoms in total. The second-order valence-corrected chi connectivity index (χ2v) is 6.24. The lowest BCUT2D eigenvalue weighted by atomic mass is 10.1. The third kappa shape index (κ3) is 2.51. The van der Waals surface area contributed by atoms with Gasteiger partial charge in [-0.15, -0.1) is 0 Å². The quantitative estimate of drug-likeness (QED) is 0.855. The molecule has 0 aliphatic carbocycles. The molecular weight excluding hydrogens is 276 g/mol. The minimum atomic E-state index is 0.0369. The van der Waals surface area contributed by atoms with Crippen LogP contribution in [0.3, 0.4) is 0 Å². The van der Waals surface area contributed by atoms with Gasteiger partial charge in [0, 0.05) is 43.5 Å². The molecular formula is C17H22N4O. The number of hydrogen-bond donors (Lipinski definition) is 0. The van der Waals surface area contributed by atoms with Crippen molar-refractivity contribution in [3.63, 3.8) is 0 Å². The predicted octanol–water partition coefficient (Wildman–Crippen LogP) is 2.45. The highest BCUT2D eigenvalue weighted by atomic mass is 16.2. The highest BCUT2D eigenvalue weighted by molar-refractivity contribution is 5.94. The van der Waals surface area contributed by atoms with Gasteiger partial charge in [0.25, 0.3) is 5.91 Å². The maximum absolute atomic E-state index is 12.6. The number of imidazole rings is 1. The van der Waals surface area contributed by atoms with Crippen molar-refractivity contribution in [2.24, 2.45) is 7.05 Å². The second kappa shape index (κ2) is 5.55. The summed E-state index contributed by atoms with van der Waals surface area (Å²) in [6.45, 7) is 7.53. The van der Waals surface area contributed by atoms with Gasteiger partial charge in [-0.2, -0.15) is 0 Å². The third-order valence-corrected chi connectivity index (χ3v) is 4.25. The molecule has 0 atom stereocenters. The van der Waals surface area contributed by atoms with Crippen molar-refractivity contribution in [1.29, 1.82) is 0 Å². The molecule has 2 aromatic heterocycles. The Morgan fingerprint density at radius 1 is 1.32 bits per heavy atom. The topological polar surface area (TPSA) is 51.0 Å². The first-order chi connectivity index (χ1) is 10.5. The first kappa shape index (κ1) is 14.8. The Labute approximate surface area is 131 Å². The molecule has 0 saturated heterocycles. The maximum Gasteiger partial charge on any atom is 0.255 e. The number of fused-ring (bicyclic) bond motifs is 1. The zero-order chi connectivity index (χ0) is 15.9. The van der Waals surface area contributed by atoms with Crippen LogP contribution in [0.5, 0.6) is 0 Å². The smallest absolute Gasteiger partial charge is 0.255 e. The minimum absolute atomic E-state index is 0.0369. The number of hydrogen-bond acceptors (Lipinski definition) is 3. The van der Waals surface area contributed by atoms with Crippen molar-refractivity contribution in [2.75, 3.05) is 6.54 Å². The highest BCUT2D eigenvalue weighted by Crippen LogP contribution is 2.24. The number of aromatic nitrogens is 3. The third-order valence-electron chi connectivity index (χ3n) is 4.25. The Hall–Kier alpha value is -2.17. The van der Waals surface area contributed by atoms with Gasteiger partial charge in [0.2, 0.25) is 0 Å². The Morgan fingerprint density at radius 3 is 2.73 bits per heavy atom. The summed E-state index contributed by atoms with van der Waals surface area (Å²) in [5, 5.41) is 0. The van der Waals surface area contributed by atoms with Crippen molar-refractivity contribution in [2.45, 2.75) is 39.7 Å². The SMILES string of the molecule is Cc1ccc(C(=O)N2CCc3c(nc(C(C)C)n3C)C2)cn1. The predicted molar refractivity (Wildman–Crippen MR) is 84.7 cm³/mol. The molecule has 0 bridgehead atoms. The molecule has 5 heteroatoms. The fraction of sp³-hybridized carbons (Fsp3) is 0.471. The monoisotopic (exact) mass is 298 g/mol. The van der Waals surface area contributed by atoms with Gasteiger partial charge < -0.3 is 9.47 Å². The Balaban J connectivity index is 1.83. The summed E-state index contributed by atoms with van der Waals surface area (Å²) in [7, 11) is 2.07. The molecule has 0 aromatic carbocycles. The molecule has 0 unspecified atom stereocenters. The van der Waals surface area contributed by atoms with Crippen LogP contribution in [0.25, 0.3) is 0 Å². The molecule has 0 spiro atoms. The van der Waals surface area contributed by atoms with Crippen LogP contribution in [0.1, 0.15) is 53.0 Å². The van der Waals surface area contributed by atoms with Crippen molar-refractivity contribution in [3.05, 3.63) is 46.8 Å². The zero-order valence-electron chi connectivity index (χ0n) is 13.6. The summed E-state index contributed by atoms with van der Waals surface area (Å²) in [6, 6.07) is 3.72. The Bertz CT molecular complexity index is 700. The average Bonchev–Trinajstić information content (AvgIpc) is 2.84. The lowest BCUT2D eigenvalue weighted by Crippen LogP contribution is -2.36. The molecule has 0 saturated carbocycles. The van der Waals surface area contributed by atoms with Crippen LogP contribution in [-0.2, 0) is 20.0 Å². The zero-order valence-corrected chi connectivity index (χ0v) is 13.6. The largest absolute Gasteiger partial charge is 0.334 e. The molecule has 3 rings (SSSR count). The van der Waals surface area contributed by atoms with Crippen molar-refractivity contribution in [3.8, 4) is 0 Å². The molecule has 2 aromatic rings. The summed E-state index contributed by atoms with van der Waals surface area (Å²) < 4.78 is 2.19. The molecule has 1 aliphatic rings. The lowest BCUT2D eigenvalue weighted by molar-refractivity contribution is 0.0730. The van der Waals surface area contributed by atoms with E-state index in [1.54, 1.807) is 6.20 Å². The van der Waals surface area contributed by atoms with Crippen molar-refractivity contribution >= 4 is 5.91 Å². The molecule has 22 heavy (non-hydrogen) atoms. The van der Waals surface area contributed by atoms with Gasteiger partial charge in [0.15, 0.2) is 0 Å². The Morgan fingerprint density at radius 2 is 2.09 bits per heavy atom. The number of carbonyl (C=O) groups excluding carboxylic acids is 1. The van der Waals surface area contributed by atoms with Crippen LogP contribution >= 0.6 is 0 Å². The summed E-state index contributed by atoms with van der Waals surface area (Å²) in [4.78, 5) is 23.4. The van der Waals surface area contributed by atoms with Crippen LogP contribution in [-0.4, -0.2) is 31.9 Å². The van der Waals surface area contributed by atoms with Crippen molar-refractivity contribution in [1.82, 2.24) is 19.4 Å². The fourth-order valence-electron chi connectivity index (χ4n) is 3.02. The number of pyridine rings is 1. The lowest BCUT2D eigenvalue weighted by Gasteiger charge is -2.26. The molecule has 116 valence electrons. The Kier molecular flexibility index (Phi) is 3.72. The summed E-state index contributed by atoms with van der Waals surface area (Å²) in [5.41, 5.74) is 3.86. The van der Waals surface area contributed by atoms with E-state index in [0.717, 1.165) is 30.2 Å². The second-order valence-electron chi connectivity index (χ2n) is 6.24. The van der Waals surface area contributed by atoms with E-state index >= 15 is 0 Å². The van der Waals surface area contributed by atoms with Gasteiger partial charge in [-0.25, -0.2) is 4.98 Å². The number of nitrogens with zero attached hydrogens (tertiary/aromatic N) is 4. The number of aryl methyl sites for hydroxylation is 1. The molecule has 1 amide bonds. The van der Waals surface area contributed by atoms with Gasteiger partial charge in [-0.1, -0.05) is 13.8 Å². The number of rotatable bonds is 2. The first-order valence-corrected chi connectivity index (χ1v) is 7.73. The first-order valence-electron chi connectivity index (χ1n) is 7.73. The summed E-state index contributed by atoms with van der Waals surface area (Å²) in [6.07, 6.45) is 2.52. The molecule has 3 heterocycles. The van der Waals surface area contributed by atoms with Gasteiger partial charge in [0.05, 0.1) is 17.8 Å². The highest BCUT2D eigenvalue weighted by Gasteiger charge is 2.26. The van der Waals surface area contributed by atoms with E-state index in [9.17, 15) is 4.79 Å². The molecule has 0 fully saturated rings. The van der Waals surface area contributed by atoms with E-state index < -0.39 is 0 Å². The van der Waals surface area contributed by atoms with Gasteiger partial charge in [0.1, 0.15) is 5.82 Å². The summed E-state index contributed by atoms with van der Waals surface area (Å²) in [5.74, 6) is 1.52. The fourth-order valence-corrected chi connectivity index (χ4v) is 3.02. The molecule has 1 aliphatic heterocycles. The van der Waals surface area contributed by atoms with E-state index in [1.807, 2.05) is 24.0 Å². The van der Waals surface area contributed by atoms with Crippen LogP contribution in [0.2, 0.25) is 0 Å². The normalized spacial score (nSPS) is 14.3. The van der Waals surface area contributed by atoms with Crippen LogP contribution in [0.15, 0.2) is 18.3 Å². The van der Waals surface area contributed by atoms with Crippen molar-refractivity contribution < 1.29 is 4.79 Å². The van der Waals surface area contributed by atoms with Gasteiger partial charge in [-0.3, -0.25) is 9.78 Å².